The first-order valence-electron chi connectivity index (χ1n) is 7.04. The van der Waals surface area contributed by atoms with E-state index >= 15 is 0 Å². The van der Waals surface area contributed by atoms with Crippen molar-refractivity contribution in [3.63, 3.8) is 0 Å². The normalized spacial score (nSPS) is 17.7. The van der Waals surface area contributed by atoms with E-state index in [9.17, 15) is 9.18 Å². The van der Waals surface area contributed by atoms with Crippen molar-refractivity contribution in [2.24, 2.45) is 5.73 Å². The van der Waals surface area contributed by atoms with Crippen LogP contribution in [-0.4, -0.2) is 24.7 Å². The summed E-state index contributed by atoms with van der Waals surface area (Å²) in [6.45, 7) is 0.325. The number of carbonyl (C=O) groups is 1. The second-order valence-corrected chi connectivity index (χ2v) is 5.26. The Morgan fingerprint density at radius 3 is 2.65 bits per heavy atom. The minimum atomic E-state index is -0.452. The first-order chi connectivity index (χ1) is 9.65. The average molecular weight is 280 g/mol. The van der Waals surface area contributed by atoms with Crippen LogP contribution in [-0.2, 0) is 9.53 Å². The van der Waals surface area contributed by atoms with Crippen molar-refractivity contribution in [3.05, 3.63) is 30.1 Å². The van der Waals surface area contributed by atoms with Gasteiger partial charge in [0.25, 0.3) is 0 Å². The SMILES string of the molecule is NCC1(OCC(=O)Nc2ccccc2F)CCCCC1. The number of rotatable bonds is 5. The third kappa shape index (κ3) is 3.77. The molecular weight excluding hydrogens is 259 g/mol. The molecule has 20 heavy (non-hydrogen) atoms. The number of amides is 1. The Balaban J connectivity index is 1.87. The predicted octanol–water partition coefficient (Wildman–Crippen LogP) is 2.44. The Labute approximate surface area is 118 Å². The van der Waals surface area contributed by atoms with Gasteiger partial charge < -0.3 is 15.8 Å². The van der Waals surface area contributed by atoms with E-state index in [2.05, 4.69) is 5.32 Å². The molecule has 1 aromatic rings. The smallest absolute Gasteiger partial charge is 0.250 e. The number of hydrogen-bond donors (Lipinski definition) is 2. The number of anilines is 1. The van der Waals surface area contributed by atoms with Crippen molar-refractivity contribution in [2.75, 3.05) is 18.5 Å². The monoisotopic (exact) mass is 280 g/mol. The zero-order valence-corrected chi connectivity index (χ0v) is 11.5. The minimum Gasteiger partial charge on any atom is -0.364 e. The zero-order valence-electron chi connectivity index (χ0n) is 11.5. The van der Waals surface area contributed by atoms with Crippen molar-refractivity contribution >= 4 is 11.6 Å². The maximum Gasteiger partial charge on any atom is 0.250 e. The summed E-state index contributed by atoms with van der Waals surface area (Å²) in [5.74, 6) is -0.805. The van der Waals surface area contributed by atoms with Gasteiger partial charge in [-0.05, 0) is 25.0 Å². The lowest BCUT2D eigenvalue weighted by molar-refractivity contribution is -0.130. The molecule has 4 nitrogen and oxygen atoms in total. The predicted molar refractivity (Wildman–Crippen MR) is 75.9 cm³/mol. The molecule has 0 spiro atoms. The first kappa shape index (κ1) is 14.9. The van der Waals surface area contributed by atoms with Gasteiger partial charge in [-0.1, -0.05) is 31.4 Å². The van der Waals surface area contributed by atoms with Crippen LogP contribution in [0.3, 0.4) is 0 Å². The summed E-state index contributed by atoms with van der Waals surface area (Å²) in [5, 5.41) is 2.51. The van der Waals surface area contributed by atoms with Gasteiger partial charge in [0.2, 0.25) is 5.91 Å². The van der Waals surface area contributed by atoms with E-state index < -0.39 is 5.82 Å². The molecule has 0 radical (unpaired) electrons. The minimum absolute atomic E-state index is 0.0917. The molecule has 1 fully saturated rings. The quantitative estimate of drug-likeness (QED) is 0.870. The van der Waals surface area contributed by atoms with Crippen LogP contribution in [0.2, 0.25) is 0 Å². The zero-order chi connectivity index (χ0) is 14.4. The highest BCUT2D eigenvalue weighted by Crippen LogP contribution is 2.30. The molecule has 0 unspecified atom stereocenters. The maximum atomic E-state index is 13.4. The second-order valence-electron chi connectivity index (χ2n) is 5.26. The summed E-state index contributed by atoms with van der Waals surface area (Å²) in [7, 11) is 0. The molecular formula is C15H21FN2O2. The van der Waals surface area contributed by atoms with Crippen molar-refractivity contribution in [1.82, 2.24) is 0 Å². The second kappa shape index (κ2) is 6.81. The molecule has 0 atom stereocenters. The molecule has 0 saturated heterocycles. The first-order valence-corrected chi connectivity index (χ1v) is 7.04. The van der Waals surface area contributed by atoms with Crippen molar-refractivity contribution in [2.45, 2.75) is 37.7 Å². The van der Waals surface area contributed by atoms with Crippen LogP contribution in [0.15, 0.2) is 24.3 Å². The number of benzene rings is 1. The third-order valence-corrected chi connectivity index (χ3v) is 3.79. The molecule has 1 amide bonds. The van der Waals surface area contributed by atoms with Gasteiger partial charge in [-0.3, -0.25) is 4.79 Å². The van der Waals surface area contributed by atoms with E-state index in [0.717, 1.165) is 25.7 Å². The third-order valence-electron chi connectivity index (χ3n) is 3.79. The lowest BCUT2D eigenvalue weighted by Crippen LogP contribution is -2.44. The molecule has 5 heteroatoms. The Morgan fingerprint density at radius 2 is 2.00 bits per heavy atom. The van der Waals surface area contributed by atoms with Gasteiger partial charge in [0, 0.05) is 6.54 Å². The van der Waals surface area contributed by atoms with Crippen LogP contribution in [0, 0.1) is 5.82 Å². The number of ether oxygens (including phenoxy) is 1. The maximum absolute atomic E-state index is 13.4. The van der Waals surface area contributed by atoms with Crippen LogP contribution in [0.1, 0.15) is 32.1 Å². The van der Waals surface area contributed by atoms with Crippen molar-refractivity contribution < 1.29 is 13.9 Å². The average Bonchev–Trinajstić information content (AvgIpc) is 2.49. The van der Waals surface area contributed by atoms with Crippen molar-refractivity contribution in [1.29, 1.82) is 0 Å². The summed E-state index contributed by atoms with van der Waals surface area (Å²) < 4.78 is 19.1. The van der Waals surface area contributed by atoms with E-state index in [4.69, 9.17) is 10.5 Å². The van der Waals surface area contributed by atoms with E-state index in [-0.39, 0.29) is 23.8 Å². The molecule has 3 N–H and O–H groups in total. The Bertz CT molecular complexity index is 459. The molecule has 0 aromatic heterocycles. The van der Waals surface area contributed by atoms with E-state index in [1.54, 1.807) is 12.1 Å². The summed E-state index contributed by atoms with van der Waals surface area (Å²) in [6, 6.07) is 6.07. The van der Waals surface area contributed by atoms with Crippen LogP contribution >= 0.6 is 0 Å². The van der Waals surface area contributed by atoms with Gasteiger partial charge in [0.1, 0.15) is 12.4 Å². The summed E-state index contributed by atoms with van der Waals surface area (Å²) >= 11 is 0. The number of hydrogen-bond acceptors (Lipinski definition) is 3. The fourth-order valence-electron chi connectivity index (χ4n) is 2.57. The molecule has 1 aliphatic carbocycles. The van der Waals surface area contributed by atoms with E-state index in [1.807, 2.05) is 0 Å². The summed E-state index contributed by atoms with van der Waals surface area (Å²) in [4.78, 5) is 11.8. The molecule has 110 valence electrons. The molecule has 1 saturated carbocycles. The Morgan fingerprint density at radius 1 is 1.30 bits per heavy atom. The number of halogens is 1. The number of nitrogens with one attached hydrogen (secondary N) is 1. The van der Waals surface area contributed by atoms with Gasteiger partial charge in [-0.25, -0.2) is 4.39 Å². The van der Waals surface area contributed by atoms with Crippen molar-refractivity contribution in [3.8, 4) is 0 Å². The largest absolute Gasteiger partial charge is 0.364 e. The molecule has 2 rings (SSSR count). The van der Waals surface area contributed by atoms with Crippen LogP contribution < -0.4 is 11.1 Å². The topological polar surface area (TPSA) is 64.3 Å². The molecule has 1 aliphatic rings. The summed E-state index contributed by atoms with van der Waals surface area (Å²) in [5.41, 5.74) is 5.57. The van der Waals surface area contributed by atoms with Crippen LogP contribution in [0.25, 0.3) is 0 Å². The lowest BCUT2D eigenvalue weighted by Gasteiger charge is -2.35. The standard InChI is InChI=1S/C15H21FN2O2/c16-12-6-2-3-7-13(12)18-14(19)10-20-15(11-17)8-4-1-5-9-15/h2-3,6-7H,1,4-5,8-11,17H2,(H,18,19). The van der Waals surface area contributed by atoms with Gasteiger partial charge in [0.05, 0.1) is 11.3 Å². The highest BCUT2D eigenvalue weighted by atomic mass is 19.1. The number of nitrogens with two attached hydrogens (primary N) is 1. The fraction of sp³-hybridized carbons (Fsp3) is 0.533. The van der Waals surface area contributed by atoms with E-state index in [0.29, 0.717) is 6.54 Å². The van der Waals surface area contributed by atoms with Gasteiger partial charge in [-0.15, -0.1) is 0 Å². The fourth-order valence-corrected chi connectivity index (χ4v) is 2.57. The Hall–Kier alpha value is -1.46. The van der Waals surface area contributed by atoms with E-state index in [1.165, 1.54) is 18.6 Å². The van der Waals surface area contributed by atoms with Gasteiger partial charge >= 0.3 is 0 Å². The number of para-hydroxylation sites is 1. The summed E-state index contributed by atoms with van der Waals surface area (Å²) in [6.07, 6.45) is 5.11. The van der Waals surface area contributed by atoms with Gasteiger partial charge in [0.15, 0.2) is 0 Å². The Kier molecular flexibility index (Phi) is 5.09. The molecule has 0 aliphatic heterocycles. The van der Waals surface area contributed by atoms with Gasteiger partial charge in [-0.2, -0.15) is 0 Å². The molecule has 0 bridgehead atoms. The highest BCUT2D eigenvalue weighted by molar-refractivity contribution is 5.91. The molecule has 1 aromatic carbocycles. The number of carbonyl (C=O) groups excluding carboxylic acids is 1. The molecule has 0 heterocycles. The highest BCUT2D eigenvalue weighted by Gasteiger charge is 2.32. The van der Waals surface area contributed by atoms with Crippen LogP contribution in [0.4, 0.5) is 10.1 Å². The lowest BCUT2D eigenvalue weighted by atomic mass is 9.85. The van der Waals surface area contributed by atoms with Crippen LogP contribution in [0.5, 0.6) is 0 Å².